The van der Waals surface area contributed by atoms with Gasteiger partial charge in [0.15, 0.2) is 0 Å². The number of sulfonamides is 1. The highest BCUT2D eigenvalue weighted by Crippen LogP contribution is 2.28. The van der Waals surface area contributed by atoms with E-state index in [4.69, 9.17) is 4.74 Å². The highest BCUT2D eigenvalue weighted by atomic mass is 32.2. The molecule has 0 atom stereocenters. The van der Waals surface area contributed by atoms with Crippen molar-refractivity contribution in [3.63, 3.8) is 0 Å². The molecular formula is C17H22N2O4S. The maximum atomic E-state index is 12.9. The summed E-state index contributed by atoms with van der Waals surface area (Å²) < 4.78 is 33.3. The van der Waals surface area contributed by atoms with Crippen molar-refractivity contribution in [3.05, 3.63) is 46.3 Å². The van der Waals surface area contributed by atoms with Crippen LogP contribution >= 0.6 is 0 Å². The zero-order valence-electron chi connectivity index (χ0n) is 14.5. The number of hydrogen-bond acceptors (Lipinski definition) is 4. The van der Waals surface area contributed by atoms with Crippen LogP contribution in [0.5, 0.6) is 0 Å². The van der Waals surface area contributed by atoms with Crippen LogP contribution in [0.3, 0.4) is 0 Å². The number of hydrogen-bond donors (Lipinski definition) is 2. The summed E-state index contributed by atoms with van der Waals surface area (Å²) in [6.07, 6.45) is 0. The third-order valence-electron chi connectivity index (χ3n) is 3.69. The van der Waals surface area contributed by atoms with Crippen molar-refractivity contribution >= 4 is 21.7 Å². The Balaban J connectivity index is 2.51. The minimum Gasteiger partial charge on any atom is -0.462 e. The van der Waals surface area contributed by atoms with Crippen molar-refractivity contribution in [2.75, 3.05) is 11.3 Å². The summed E-state index contributed by atoms with van der Waals surface area (Å²) in [5.41, 5.74) is 3.23. The lowest BCUT2D eigenvalue weighted by atomic mass is 10.1. The van der Waals surface area contributed by atoms with Gasteiger partial charge in [-0.2, -0.15) is 0 Å². The van der Waals surface area contributed by atoms with Gasteiger partial charge in [-0.1, -0.05) is 17.7 Å². The van der Waals surface area contributed by atoms with Gasteiger partial charge in [-0.3, -0.25) is 4.72 Å². The van der Waals surface area contributed by atoms with Crippen LogP contribution in [0.1, 0.15) is 39.8 Å². The van der Waals surface area contributed by atoms with E-state index in [1.807, 2.05) is 26.0 Å². The van der Waals surface area contributed by atoms with Crippen LogP contribution in [0.25, 0.3) is 0 Å². The van der Waals surface area contributed by atoms with Gasteiger partial charge in [-0.05, 0) is 46.2 Å². The fourth-order valence-electron chi connectivity index (χ4n) is 2.67. The van der Waals surface area contributed by atoms with Gasteiger partial charge < -0.3 is 9.72 Å². The molecule has 2 aromatic rings. The van der Waals surface area contributed by atoms with Crippen molar-refractivity contribution < 1.29 is 17.9 Å². The Hall–Kier alpha value is -2.28. The van der Waals surface area contributed by atoms with Crippen LogP contribution in [0.4, 0.5) is 5.69 Å². The molecule has 0 saturated heterocycles. The second-order valence-corrected chi connectivity index (χ2v) is 7.34. The van der Waals surface area contributed by atoms with E-state index >= 15 is 0 Å². The number of aromatic amines is 1. The maximum Gasteiger partial charge on any atom is 0.341 e. The number of anilines is 1. The maximum absolute atomic E-state index is 12.9. The van der Waals surface area contributed by atoms with Crippen LogP contribution in [0.15, 0.2) is 23.1 Å². The molecule has 0 aliphatic carbocycles. The Labute approximate surface area is 142 Å². The number of ether oxygens (including phenoxy) is 1. The topological polar surface area (TPSA) is 88.3 Å². The lowest BCUT2D eigenvalue weighted by molar-refractivity contribution is 0.0521. The summed E-state index contributed by atoms with van der Waals surface area (Å²) in [6.45, 7) is 8.87. The first kappa shape index (κ1) is 18.1. The van der Waals surface area contributed by atoms with Crippen molar-refractivity contribution in [1.82, 2.24) is 4.98 Å². The molecule has 0 aliphatic rings. The molecule has 6 nitrogen and oxygen atoms in total. The molecule has 0 bridgehead atoms. The average molecular weight is 350 g/mol. The third kappa shape index (κ3) is 3.46. The Morgan fingerprint density at radius 2 is 1.83 bits per heavy atom. The molecule has 0 fully saturated rings. The van der Waals surface area contributed by atoms with Crippen LogP contribution in [0, 0.1) is 27.7 Å². The standard InChI is InChI=1S/C17H22N2O4S/c1-6-23-17(20)15-12(4)18-13(5)16(15)24(21,22)19-14-8-7-10(2)9-11(14)3/h7-9,18-19H,6H2,1-5H3. The second kappa shape index (κ2) is 6.68. The fourth-order valence-corrected chi connectivity index (χ4v) is 4.25. The van der Waals surface area contributed by atoms with E-state index in [9.17, 15) is 13.2 Å². The van der Waals surface area contributed by atoms with E-state index in [1.54, 1.807) is 26.8 Å². The molecule has 2 N–H and O–H groups in total. The molecule has 0 radical (unpaired) electrons. The highest BCUT2D eigenvalue weighted by Gasteiger charge is 2.30. The zero-order chi connectivity index (χ0) is 18.1. The summed E-state index contributed by atoms with van der Waals surface area (Å²) in [4.78, 5) is 15.0. The number of aromatic nitrogens is 1. The molecule has 2 rings (SSSR count). The smallest absolute Gasteiger partial charge is 0.341 e. The van der Waals surface area contributed by atoms with Gasteiger partial charge >= 0.3 is 5.97 Å². The van der Waals surface area contributed by atoms with Crippen molar-refractivity contribution in [1.29, 1.82) is 0 Å². The molecule has 1 aromatic carbocycles. The first-order chi connectivity index (χ1) is 11.2. The summed E-state index contributed by atoms with van der Waals surface area (Å²) in [5, 5.41) is 0. The number of aryl methyl sites for hydroxylation is 4. The summed E-state index contributed by atoms with van der Waals surface area (Å²) in [6, 6.07) is 5.42. The van der Waals surface area contributed by atoms with E-state index in [1.165, 1.54) is 0 Å². The molecule has 1 aromatic heterocycles. The van der Waals surface area contributed by atoms with Gasteiger partial charge in [-0.15, -0.1) is 0 Å². The van der Waals surface area contributed by atoms with Crippen molar-refractivity contribution in [2.24, 2.45) is 0 Å². The monoisotopic (exact) mass is 350 g/mol. The zero-order valence-corrected chi connectivity index (χ0v) is 15.3. The third-order valence-corrected chi connectivity index (χ3v) is 5.23. The fraction of sp³-hybridized carbons (Fsp3) is 0.353. The molecule has 7 heteroatoms. The summed E-state index contributed by atoms with van der Waals surface area (Å²) in [7, 11) is -3.93. The highest BCUT2D eigenvalue weighted by molar-refractivity contribution is 7.92. The SMILES string of the molecule is CCOC(=O)c1c(C)[nH]c(C)c1S(=O)(=O)Nc1ccc(C)cc1C. The number of nitrogens with one attached hydrogen (secondary N) is 2. The molecule has 0 saturated carbocycles. The Bertz CT molecular complexity index is 882. The van der Waals surface area contributed by atoms with Crippen LogP contribution in [0.2, 0.25) is 0 Å². The number of carbonyl (C=O) groups is 1. The quantitative estimate of drug-likeness (QED) is 0.810. The Morgan fingerprint density at radius 3 is 2.42 bits per heavy atom. The van der Waals surface area contributed by atoms with Gasteiger partial charge in [-0.25, -0.2) is 13.2 Å². The lowest BCUT2D eigenvalue weighted by Gasteiger charge is -2.12. The van der Waals surface area contributed by atoms with E-state index < -0.39 is 16.0 Å². The van der Waals surface area contributed by atoms with E-state index in [-0.39, 0.29) is 17.1 Å². The Morgan fingerprint density at radius 1 is 1.17 bits per heavy atom. The van der Waals surface area contributed by atoms with Gasteiger partial charge in [0, 0.05) is 11.4 Å². The number of esters is 1. The second-order valence-electron chi connectivity index (χ2n) is 5.72. The minimum absolute atomic E-state index is 0.0478. The first-order valence-corrected chi connectivity index (χ1v) is 9.12. The number of carbonyl (C=O) groups excluding carboxylic acids is 1. The Kier molecular flexibility index (Phi) is 5.03. The van der Waals surface area contributed by atoms with Gasteiger partial charge in [0.1, 0.15) is 10.5 Å². The van der Waals surface area contributed by atoms with E-state index in [0.717, 1.165) is 11.1 Å². The van der Waals surface area contributed by atoms with Crippen LogP contribution in [-0.2, 0) is 14.8 Å². The molecule has 130 valence electrons. The van der Waals surface area contributed by atoms with E-state index in [0.29, 0.717) is 17.1 Å². The van der Waals surface area contributed by atoms with Gasteiger partial charge in [0.25, 0.3) is 10.0 Å². The van der Waals surface area contributed by atoms with Crippen LogP contribution in [-0.4, -0.2) is 26.0 Å². The summed E-state index contributed by atoms with van der Waals surface area (Å²) >= 11 is 0. The van der Waals surface area contributed by atoms with Gasteiger partial charge in [0.2, 0.25) is 0 Å². The van der Waals surface area contributed by atoms with Crippen LogP contribution < -0.4 is 4.72 Å². The molecule has 0 aliphatic heterocycles. The lowest BCUT2D eigenvalue weighted by Crippen LogP contribution is -2.18. The summed E-state index contributed by atoms with van der Waals surface area (Å²) in [5.74, 6) is -0.652. The largest absolute Gasteiger partial charge is 0.462 e. The van der Waals surface area contributed by atoms with Crippen molar-refractivity contribution in [3.8, 4) is 0 Å². The molecule has 24 heavy (non-hydrogen) atoms. The molecular weight excluding hydrogens is 328 g/mol. The van der Waals surface area contributed by atoms with E-state index in [2.05, 4.69) is 9.71 Å². The predicted octanol–water partition coefficient (Wildman–Crippen LogP) is 3.23. The average Bonchev–Trinajstić information content (AvgIpc) is 2.77. The first-order valence-electron chi connectivity index (χ1n) is 7.63. The molecule has 0 unspecified atom stereocenters. The molecule has 0 amide bonds. The van der Waals surface area contributed by atoms with Crippen molar-refractivity contribution in [2.45, 2.75) is 39.5 Å². The molecule has 1 heterocycles. The number of H-pyrrole nitrogens is 1. The number of rotatable bonds is 5. The minimum atomic E-state index is -3.93. The predicted molar refractivity (Wildman–Crippen MR) is 92.9 cm³/mol. The molecule has 0 spiro atoms. The normalized spacial score (nSPS) is 11.4. The number of benzene rings is 1. The van der Waals surface area contributed by atoms with Gasteiger partial charge in [0.05, 0.1) is 12.3 Å².